The van der Waals surface area contributed by atoms with Crippen LogP contribution in [0.25, 0.3) is 0 Å². The monoisotopic (exact) mass is 819 g/mol. The zero-order valence-electron chi connectivity index (χ0n) is 35.3. The van der Waals surface area contributed by atoms with Gasteiger partial charge in [-0.05, 0) is 60.5 Å². The number of ether oxygens (including phenoxy) is 9. The van der Waals surface area contributed by atoms with Crippen molar-refractivity contribution in [3.8, 4) is 0 Å². The molecule has 0 aliphatic carbocycles. The van der Waals surface area contributed by atoms with Gasteiger partial charge in [-0.25, -0.2) is 0 Å². The number of epoxide rings is 1. The summed E-state index contributed by atoms with van der Waals surface area (Å²) in [7, 11) is 5.26. The van der Waals surface area contributed by atoms with E-state index in [9.17, 15) is 35.1 Å². The summed E-state index contributed by atoms with van der Waals surface area (Å²) in [6.45, 7) is 14.1. The van der Waals surface area contributed by atoms with Gasteiger partial charge in [0, 0.05) is 37.3 Å². The van der Waals surface area contributed by atoms with Crippen molar-refractivity contribution in [2.24, 2.45) is 29.6 Å². The third-order valence-corrected chi connectivity index (χ3v) is 13.1. The molecule has 330 valence electrons. The molecule has 5 saturated heterocycles. The Hall–Kier alpha value is -1.42. The zero-order chi connectivity index (χ0) is 42.3. The Bertz CT molecular complexity index is 1340. The van der Waals surface area contributed by atoms with E-state index in [4.69, 9.17) is 42.6 Å². The van der Waals surface area contributed by atoms with Gasteiger partial charge in [0.2, 0.25) is 0 Å². The fraction of sp³-hybridized carbons (Fsp3) is 0.950. The summed E-state index contributed by atoms with van der Waals surface area (Å²) < 4.78 is 56.0. The number of hydrogen-bond acceptors (Lipinski definition) is 17. The maximum absolute atomic E-state index is 14.1. The summed E-state index contributed by atoms with van der Waals surface area (Å²) in [4.78, 5) is 30.2. The third-order valence-electron chi connectivity index (χ3n) is 13.1. The normalized spacial score (nSPS) is 50.7. The van der Waals surface area contributed by atoms with Gasteiger partial charge in [-0.3, -0.25) is 9.59 Å². The summed E-state index contributed by atoms with van der Waals surface area (Å²) in [6, 6.07) is -0.330. The first-order valence-electron chi connectivity index (χ1n) is 20.6. The van der Waals surface area contributed by atoms with E-state index >= 15 is 0 Å². The topological polar surface area (TPSA) is 225 Å². The fourth-order valence-electron chi connectivity index (χ4n) is 9.08. The van der Waals surface area contributed by atoms with Crippen LogP contribution >= 0.6 is 0 Å². The summed E-state index contributed by atoms with van der Waals surface area (Å²) >= 11 is 0. The first-order chi connectivity index (χ1) is 26.7. The van der Waals surface area contributed by atoms with Crippen molar-refractivity contribution in [2.45, 2.75) is 178 Å². The van der Waals surface area contributed by atoms with Gasteiger partial charge in [0.25, 0.3) is 0 Å². The number of ketones is 1. The number of carbonyl (C=O) groups is 2. The van der Waals surface area contributed by atoms with E-state index in [-0.39, 0.29) is 44.0 Å². The summed E-state index contributed by atoms with van der Waals surface area (Å²) in [5, 5.41) is 53.6. The minimum Gasteiger partial charge on any atom is -0.462 e. The van der Waals surface area contributed by atoms with Crippen molar-refractivity contribution in [1.29, 1.82) is 0 Å². The second-order valence-corrected chi connectivity index (χ2v) is 17.7. The minimum absolute atomic E-state index is 0.161. The van der Waals surface area contributed by atoms with Crippen molar-refractivity contribution in [1.82, 2.24) is 4.90 Å². The molecule has 0 amide bonds. The van der Waals surface area contributed by atoms with Gasteiger partial charge in [-0.1, -0.05) is 27.7 Å². The Morgan fingerprint density at radius 2 is 1.37 bits per heavy atom. The lowest BCUT2D eigenvalue weighted by Gasteiger charge is -2.48. The fourth-order valence-corrected chi connectivity index (χ4v) is 9.08. The molecular formula is C40H69NO16. The number of methoxy groups -OCH3 is 1. The van der Waals surface area contributed by atoms with Crippen LogP contribution in [-0.4, -0.2) is 180 Å². The maximum Gasteiger partial charge on any atom is 0.311 e. The van der Waals surface area contributed by atoms with E-state index in [0.29, 0.717) is 6.42 Å². The minimum atomic E-state index is -1.57. The summed E-state index contributed by atoms with van der Waals surface area (Å²) in [5.74, 6) is -4.25. The van der Waals surface area contributed by atoms with Crippen LogP contribution in [0.5, 0.6) is 0 Å². The highest BCUT2D eigenvalue weighted by molar-refractivity contribution is 5.92. The highest BCUT2D eigenvalue weighted by Gasteiger charge is 2.57. The SMILES string of the molecule is CO[C@H]1C[C@H](O[C@H]2[C@H](C)[C@@H](O[C@@H]3O[C@H](C)C[C@H](N(C)C)[C@H]3O[C@H]3OC[C@H](O)[C@H](O)[C@H]3O)[C@@H](C)C[C@]3(CO3)C(=O)[C@H](C)[C@@H](O)[C@@H](C)[C@@H](C)OC(=O)[C@@H]2C)O[C@@H](C)[C@@H]1O. The quantitative estimate of drug-likeness (QED) is 0.165. The van der Waals surface area contributed by atoms with Gasteiger partial charge in [0.15, 0.2) is 30.3 Å². The van der Waals surface area contributed by atoms with E-state index in [2.05, 4.69) is 0 Å². The van der Waals surface area contributed by atoms with E-state index < -0.39 is 127 Å². The number of hydrogen-bond donors (Lipinski definition) is 5. The van der Waals surface area contributed by atoms with E-state index in [0.717, 1.165) is 0 Å². The van der Waals surface area contributed by atoms with E-state index in [1.54, 1.807) is 34.6 Å². The summed E-state index contributed by atoms with van der Waals surface area (Å²) in [6.07, 6.45) is -13.8. The molecule has 17 heteroatoms. The molecule has 57 heavy (non-hydrogen) atoms. The van der Waals surface area contributed by atoms with Crippen LogP contribution in [0.4, 0.5) is 0 Å². The number of cyclic esters (lactones) is 1. The van der Waals surface area contributed by atoms with Gasteiger partial charge in [-0.2, -0.15) is 0 Å². The molecule has 0 aromatic carbocycles. The second kappa shape index (κ2) is 19.1. The number of nitrogens with zero attached hydrogens (tertiary/aromatic N) is 1. The highest BCUT2D eigenvalue weighted by Crippen LogP contribution is 2.44. The third kappa shape index (κ3) is 10.2. The molecule has 17 nitrogen and oxygen atoms in total. The number of aliphatic hydroxyl groups is 5. The molecule has 0 saturated carbocycles. The molecule has 5 aliphatic heterocycles. The van der Waals surface area contributed by atoms with Gasteiger partial charge in [0.1, 0.15) is 36.6 Å². The van der Waals surface area contributed by atoms with E-state index in [1.807, 2.05) is 39.8 Å². The van der Waals surface area contributed by atoms with Crippen LogP contribution in [0.1, 0.15) is 74.7 Å². The molecule has 22 atom stereocenters. The number of carbonyl (C=O) groups excluding carboxylic acids is 2. The van der Waals surface area contributed by atoms with Crippen molar-refractivity contribution in [3.63, 3.8) is 0 Å². The van der Waals surface area contributed by atoms with Crippen LogP contribution in [0.15, 0.2) is 0 Å². The molecule has 5 aliphatic rings. The Morgan fingerprint density at radius 3 is 1.98 bits per heavy atom. The van der Waals surface area contributed by atoms with Crippen molar-refractivity contribution in [2.75, 3.05) is 34.4 Å². The van der Waals surface area contributed by atoms with Crippen molar-refractivity contribution in [3.05, 3.63) is 0 Å². The number of likely N-dealkylation sites (N-methyl/N-ethyl adjacent to an activating group) is 1. The highest BCUT2D eigenvalue weighted by atomic mass is 16.7. The smallest absolute Gasteiger partial charge is 0.311 e. The molecule has 5 N–H and O–H groups in total. The second-order valence-electron chi connectivity index (χ2n) is 17.7. The molecule has 5 fully saturated rings. The number of rotatable bonds is 8. The van der Waals surface area contributed by atoms with Crippen molar-refractivity contribution >= 4 is 11.8 Å². The number of aliphatic hydroxyl groups excluding tert-OH is 5. The molecule has 0 radical (unpaired) electrons. The van der Waals surface area contributed by atoms with Gasteiger partial charge >= 0.3 is 5.97 Å². The van der Waals surface area contributed by atoms with Gasteiger partial charge in [0.05, 0.1) is 55.8 Å². The largest absolute Gasteiger partial charge is 0.462 e. The van der Waals surface area contributed by atoms with Gasteiger partial charge < -0.3 is 73.1 Å². The predicted octanol–water partition coefficient (Wildman–Crippen LogP) is 0.372. The van der Waals surface area contributed by atoms with Crippen LogP contribution < -0.4 is 0 Å². The zero-order valence-corrected chi connectivity index (χ0v) is 35.3. The summed E-state index contributed by atoms with van der Waals surface area (Å²) in [5.41, 5.74) is -1.18. The molecule has 0 unspecified atom stereocenters. The maximum atomic E-state index is 14.1. The molecule has 0 aromatic rings. The lowest BCUT2D eigenvalue weighted by molar-refractivity contribution is -0.345. The molecule has 0 bridgehead atoms. The number of esters is 1. The molecule has 5 heterocycles. The standard InChI is InChI=1S/C40H69NO16/c1-17-14-40(16-51-40)36(47)20(4)29(43)19(3)23(7)54-37(48)22(6)34(55-28-13-27(49-11)30(44)24(8)53-28)21(5)33(17)56-39-35(25(41(9)10)12-18(2)52-39)57-38-32(46)31(45)26(42)15-50-38/h17-35,38-39,42-46H,12-16H2,1-11H3/t17-,18+,19-,20+,21+,22+,23+,24-,25-,26-,27-,28-,29-,30-,31-,32+,33-,34-,35+,38+,39-,40-/m0/s1. The van der Waals surface area contributed by atoms with E-state index in [1.165, 1.54) is 7.11 Å². The van der Waals surface area contributed by atoms with Crippen LogP contribution in [0.2, 0.25) is 0 Å². The first-order valence-corrected chi connectivity index (χ1v) is 20.6. The average Bonchev–Trinajstić information content (AvgIpc) is 3.95. The molecule has 0 aromatic heterocycles. The van der Waals surface area contributed by atoms with Crippen LogP contribution in [-0.2, 0) is 52.2 Å². The Balaban J connectivity index is 1.56. The Labute approximate surface area is 336 Å². The van der Waals surface area contributed by atoms with Crippen molar-refractivity contribution < 1.29 is 77.8 Å². The van der Waals surface area contributed by atoms with Gasteiger partial charge in [-0.15, -0.1) is 0 Å². The predicted molar refractivity (Wildman–Crippen MR) is 200 cm³/mol. The molecule has 5 rings (SSSR count). The lowest BCUT2D eigenvalue weighted by Crippen LogP contribution is -2.61. The van der Waals surface area contributed by atoms with Crippen LogP contribution in [0, 0.1) is 29.6 Å². The lowest BCUT2D eigenvalue weighted by atomic mass is 9.76. The Morgan fingerprint density at radius 1 is 0.719 bits per heavy atom. The molecule has 1 spiro atoms. The Kier molecular flexibility index (Phi) is 15.6. The number of Topliss-reactive ketones (excluding diaryl/α,β-unsaturated/α-hetero) is 1. The first kappa shape index (κ1) is 46.6. The molecular weight excluding hydrogens is 750 g/mol. The average molecular weight is 820 g/mol. The van der Waals surface area contributed by atoms with Crippen LogP contribution in [0.3, 0.4) is 0 Å².